The van der Waals surface area contributed by atoms with E-state index in [1.54, 1.807) is 7.11 Å². The van der Waals surface area contributed by atoms with Crippen molar-refractivity contribution < 1.29 is 9.53 Å². The summed E-state index contributed by atoms with van der Waals surface area (Å²) in [6.07, 6.45) is 0.0547. The monoisotopic (exact) mass is 248 g/mol. The van der Waals surface area contributed by atoms with Crippen molar-refractivity contribution >= 4 is 5.91 Å². The summed E-state index contributed by atoms with van der Waals surface area (Å²) in [6.45, 7) is 5.54. The first-order valence-electron chi connectivity index (χ1n) is 6.24. The van der Waals surface area contributed by atoms with Gasteiger partial charge in [-0.2, -0.15) is 0 Å². The lowest BCUT2D eigenvalue weighted by Crippen LogP contribution is -2.43. The highest BCUT2D eigenvalue weighted by molar-refractivity contribution is 5.96. The first-order chi connectivity index (χ1) is 8.63. The Morgan fingerprint density at radius 1 is 1.39 bits per heavy atom. The second-order valence-electron chi connectivity index (χ2n) is 4.76. The van der Waals surface area contributed by atoms with Gasteiger partial charge < -0.3 is 15.4 Å². The third kappa shape index (κ3) is 2.54. The Morgan fingerprint density at radius 2 is 2.17 bits per heavy atom. The largest absolute Gasteiger partial charge is 0.378 e. The lowest BCUT2D eigenvalue weighted by atomic mass is 10.0. The third-order valence-electron chi connectivity index (χ3n) is 3.63. The predicted molar refractivity (Wildman–Crippen MR) is 70.8 cm³/mol. The quantitative estimate of drug-likeness (QED) is 0.839. The molecule has 0 spiro atoms. The smallest absolute Gasteiger partial charge is 0.251 e. The van der Waals surface area contributed by atoms with Gasteiger partial charge in [0.05, 0.1) is 12.1 Å². The summed E-state index contributed by atoms with van der Waals surface area (Å²) in [4.78, 5) is 12.2. The molecule has 1 saturated heterocycles. The molecule has 0 radical (unpaired) electrons. The van der Waals surface area contributed by atoms with E-state index in [9.17, 15) is 4.79 Å². The molecule has 1 unspecified atom stereocenters. The van der Waals surface area contributed by atoms with Gasteiger partial charge in [0.15, 0.2) is 0 Å². The van der Waals surface area contributed by atoms with Crippen molar-refractivity contribution in [2.45, 2.75) is 26.0 Å². The number of amides is 1. The SMILES string of the molecule is CO[C@H]1CNCC1NC(=O)c1cccc(C)c1C. The van der Waals surface area contributed by atoms with Crippen LogP contribution >= 0.6 is 0 Å². The second kappa shape index (κ2) is 5.50. The highest BCUT2D eigenvalue weighted by atomic mass is 16.5. The van der Waals surface area contributed by atoms with Gasteiger partial charge in [-0.15, -0.1) is 0 Å². The normalized spacial score (nSPS) is 23.1. The van der Waals surface area contributed by atoms with E-state index < -0.39 is 0 Å². The molecule has 18 heavy (non-hydrogen) atoms. The fraction of sp³-hybridized carbons (Fsp3) is 0.500. The molecule has 1 aliphatic heterocycles. The van der Waals surface area contributed by atoms with Crippen LogP contribution in [0, 0.1) is 13.8 Å². The molecule has 1 aliphatic rings. The standard InChI is InChI=1S/C14H20N2O2/c1-9-5-4-6-11(10(9)2)14(17)16-12-7-15-8-13(12)18-3/h4-6,12-13,15H,7-8H2,1-3H3,(H,16,17)/t12?,13-/m0/s1. The molecule has 2 rings (SSSR count). The van der Waals surface area contributed by atoms with Gasteiger partial charge in [0, 0.05) is 25.8 Å². The summed E-state index contributed by atoms with van der Waals surface area (Å²) in [7, 11) is 1.68. The molecular weight excluding hydrogens is 228 g/mol. The van der Waals surface area contributed by atoms with E-state index in [0.29, 0.717) is 0 Å². The fourth-order valence-electron chi connectivity index (χ4n) is 2.29. The molecule has 1 aromatic rings. The zero-order chi connectivity index (χ0) is 13.1. The Bertz CT molecular complexity index is 445. The van der Waals surface area contributed by atoms with E-state index in [1.807, 2.05) is 32.0 Å². The number of carbonyl (C=O) groups is 1. The van der Waals surface area contributed by atoms with Gasteiger partial charge in [-0.05, 0) is 31.0 Å². The van der Waals surface area contributed by atoms with Gasteiger partial charge in [0.2, 0.25) is 0 Å². The number of benzene rings is 1. The molecule has 4 nitrogen and oxygen atoms in total. The first-order valence-corrected chi connectivity index (χ1v) is 6.24. The van der Waals surface area contributed by atoms with Gasteiger partial charge in [0.25, 0.3) is 5.91 Å². The molecule has 2 atom stereocenters. The van der Waals surface area contributed by atoms with E-state index in [2.05, 4.69) is 10.6 Å². The Labute approximate surface area is 108 Å². The average molecular weight is 248 g/mol. The van der Waals surface area contributed by atoms with Crippen LogP contribution in [0.4, 0.5) is 0 Å². The van der Waals surface area contributed by atoms with Crippen LogP contribution in [-0.4, -0.2) is 38.3 Å². The number of nitrogens with one attached hydrogen (secondary N) is 2. The average Bonchev–Trinajstić information content (AvgIpc) is 2.79. The number of carbonyl (C=O) groups excluding carboxylic acids is 1. The Balaban J connectivity index is 2.10. The maximum Gasteiger partial charge on any atom is 0.251 e. The van der Waals surface area contributed by atoms with Crippen LogP contribution in [0.2, 0.25) is 0 Å². The van der Waals surface area contributed by atoms with E-state index >= 15 is 0 Å². The maximum atomic E-state index is 12.2. The fourth-order valence-corrected chi connectivity index (χ4v) is 2.29. The molecular formula is C14H20N2O2. The van der Waals surface area contributed by atoms with Crippen LogP contribution in [0.1, 0.15) is 21.5 Å². The van der Waals surface area contributed by atoms with E-state index in [-0.39, 0.29) is 18.1 Å². The molecule has 0 saturated carbocycles. The number of aryl methyl sites for hydroxylation is 1. The molecule has 2 N–H and O–H groups in total. The van der Waals surface area contributed by atoms with Crippen molar-refractivity contribution in [2.24, 2.45) is 0 Å². The second-order valence-corrected chi connectivity index (χ2v) is 4.76. The Morgan fingerprint density at radius 3 is 2.89 bits per heavy atom. The summed E-state index contributed by atoms with van der Waals surface area (Å²) in [5.74, 6) is -0.0213. The number of methoxy groups -OCH3 is 1. The van der Waals surface area contributed by atoms with Crippen LogP contribution < -0.4 is 10.6 Å². The van der Waals surface area contributed by atoms with Gasteiger partial charge >= 0.3 is 0 Å². The minimum Gasteiger partial charge on any atom is -0.378 e. The van der Waals surface area contributed by atoms with Gasteiger partial charge in [-0.25, -0.2) is 0 Å². The lowest BCUT2D eigenvalue weighted by molar-refractivity contribution is 0.0779. The Hall–Kier alpha value is -1.39. The highest BCUT2D eigenvalue weighted by Gasteiger charge is 2.28. The third-order valence-corrected chi connectivity index (χ3v) is 3.63. The highest BCUT2D eigenvalue weighted by Crippen LogP contribution is 2.13. The number of hydrogen-bond acceptors (Lipinski definition) is 3. The van der Waals surface area contributed by atoms with Crippen molar-refractivity contribution in [3.8, 4) is 0 Å². The van der Waals surface area contributed by atoms with Crippen LogP contribution in [0.5, 0.6) is 0 Å². The number of hydrogen-bond donors (Lipinski definition) is 2. The van der Waals surface area contributed by atoms with Crippen molar-refractivity contribution in [1.82, 2.24) is 10.6 Å². The van der Waals surface area contributed by atoms with Gasteiger partial charge in [-0.1, -0.05) is 12.1 Å². The molecule has 0 aromatic heterocycles. The minimum absolute atomic E-state index is 0.0213. The molecule has 1 heterocycles. The van der Waals surface area contributed by atoms with Crippen LogP contribution in [-0.2, 0) is 4.74 Å². The Kier molecular flexibility index (Phi) is 3.99. The number of rotatable bonds is 3. The van der Waals surface area contributed by atoms with Crippen LogP contribution in [0.15, 0.2) is 18.2 Å². The molecule has 0 bridgehead atoms. The van der Waals surface area contributed by atoms with Crippen LogP contribution in [0.25, 0.3) is 0 Å². The maximum absolute atomic E-state index is 12.2. The molecule has 98 valence electrons. The topological polar surface area (TPSA) is 50.4 Å². The molecule has 1 amide bonds. The number of ether oxygens (including phenoxy) is 1. The van der Waals surface area contributed by atoms with Crippen molar-refractivity contribution in [2.75, 3.05) is 20.2 Å². The predicted octanol–water partition coefficient (Wildman–Crippen LogP) is 1.02. The minimum atomic E-state index is -0.0213. The molecule has 0 aliphatic carbocycles. The summed E-state index contributed by atoms with van der Waals surface area (Å²) in [6, 6.07) is 5.84. The zero-order valence-corrected chi connectivity index (χ0v) is 11.1. The molecule has 1 fully saturated rings. The van der Waals surface area contributed by atoms with Gasteiger partial charge in [0.1, 0.15) is 0 Å². The first kappa shape index (κ1) is 13.1. The van der Waals surface area contributed by atoms with E-state index in [4.69, 9.17) is 4.74 Å². The zero-order valence-electron chi connectivity index (χ0n) is 11.1. The molecule has 1 aromatic carbocycles. The summed E-state index contributed by atoms with van der Waals surface area (Å²) >= 11 is 0. The summed E-state index contributed by atoms with van der Waals surface area (Å²) < 4.78 is 5.34. The lowest BCUT2D eigenvalue weighted by Gasteiger charge is -2.19. The van der Waals surface area contributed by atoms with E-state index in [1.165, 1.54) is 0 Å². The summed E-state index contributed by atoms with van der Waals surface area (Å²) in [5, 5.41) is 6.25. The van der Waals surface area contributed by atoms with Crippen LogP contribution in [0.3, 0.4) is 0 Å². The molecule has 4 heteroatoms. The van der Waals surface area contributed by atoms with Crippen molar-refractivity contribution in [3.05, 3.63) is 34.9 Å². The van der Waals surface area contributed by atoms with Gasteiger partial charge in [-0.3, -0.25) is 4.79 Å². The van der Waals surface area contributed by atoms with Crippen molar-refractivity contribution in [1.29, 1.82) is 0 Å². The summed E-state index contributed by atoms with van der Waals surface area (Å²) in [5.41, 5.74) is 2.92. The van der Waals surface area contributed by atoms with E-state index in [0.717, 1.165) is 29.8 Å². The van der Waals surface area contributed by atoms with Crippen molar-refractivity contribution in [3.63, 3.8) is 0 Å².